The maximum atomic E-state index is 13.0. The number of hydrogen-bond donors (Lipinski definition) is 1. The maximum absolute atomic E-state index is 13.0. The highest BCUT2D eigenvalue weighted by molar-refractivity contribution is 5.82. The van der Waals surface area contributed by atoms with E-state index in [9.17, 15) is 13.2 Å². The van der Waals surface area contributed by atoms with Crippen molar-refractivity contribution in [3.05, 3.63) is 35.6 Å². The molecule has 0 saturated heterocycles. The molecule has 1 unspecified atom stereocenters. The molecule has 1 fully saturated rings. The highest BCUT2D eigenvalue weighted by atomic mass is 19.4. The number of hydrogen-bond acceptors (Lipinski definition) is 2. The first-order chi connectivity index (χ1) is 9.34. The van der Waals surface area contributed by atoms with E-state index in [0.29, 0.717) is 11.3 Å². The Morgan fingerprint density at radius 3 is 2.45 bits per heavy atom. The third-order valence-electron chi connectivity index (χ3n) is 4.06. The number of alkyl halides is 3. The van der Waals surface area contributed by atoms with Gasteiger partial charge in [0.1, 0.15) is 16.9 Å². The summed E-state index contributed by atoms with van der Waals surface area (Å²) in [4.78, 5) is 0. The van der Waals surface area contributed by atoms with Crippen molar-refractivity contribution in [2.45, 2.75) is 44.4 Å². The Balaban J connectivity index is 1.90. The molecule has 1 atom stereocenters. The smallest absolute Gasteiger partial charge is 0.406 e. The molecule has 5 heteroatoms. The average molecular weight is 283 g/mol. The monoisotopic (exact) mass is 283 g/mol. The van der Waals surface area contributed by atoms with Crippen molar-refractivity contribution in [3.8, 4) is 0 Å². The van der Waals surface area contributed by atoms with Crippen LogP contribution in [0.1, 0.15) is 37.1 Å². The molecule has 0 amide bonds. The maximum Gasteiger partial charge on any atom is 0.406 e. The normalized spacial score (nSPS) is 19.2. The first-order valence-corrected chi connectivity index (χ1v) is 6.66. The summed E-state index contributed by atoms with van der Waals surface area (Å²) < 4.78 is 44.7. The first-order valence-electron chi connectivity index (χ1n) is 6.66. The molecule has 0 bridgehead atoms. The van der Waals surface area contributed by atoms with Crippen molar-refractivity contribution >= 4 is 11.0 Å². The van der Waals surface area contributed by atoms with Crippen LogP contribution in [0.25, 0.3) is 11.0 Å². The van der Waals surface area contributed by atoms with E-state index in [-0.39, 0.29) is 12.8 Å². The molecule has 1 aromatic carbocycles. The van der Waals surface area contributed by atoms with Crippen molar-refractivity contribution in [1.82, 2.24) is 5.32 Å². The topological polar surface area (TPSA) is 25.2 Å². The number of nitrogens with one attached hydrogen (secondary N) is 1. The van der Waals surface area contributed by atoms with Crippen LogP contribution in [-0.2, 0) is 0 Å². The zero-order valence-corrected chi connectivity index (χ0v) is 11.3. The van der Waals surface area contributed by atoms with Gasteiger partial charge in [0, 0.05) is 5.39 Å². The van der Waals surface area contributed by atoms with Crippen LogP contribution in [0.2, 0.25) is 0 Å². The third-order valence-corrected chi connectivity index (χ3v) is 4.06. The van der Waals surface area contributed by atoms with Gasteiger partial charge in [-0.3, -0.25) is 5.32 Å². The SMILES string of the molecule is Cc1c(C(C)NC2(C(F)(F)F)CC2)oc2ccccc12. The van der Waals surface area contributed by atoms with Crippen LogP contribution in [0.15, 0.2) is 28.7 Å². The van der Waals surface area contributed by atoms with E-state index in [1.54, 1.807) is 6.92 Å². The molecule has 1 saturated carbocycles. The predicted octanol–water partition coefficient (Wildman–Crippen LogP) is 4.49. The van der Waals surface area contributed by atoms with Gasteiger partial charge in [-0.1, -0.05) is 18.2 Å². The lowest BCUT2D eigenvalue weighted by atomic mass is 10.1. The van der Waals surface area contributed by atoms with Crippen LogP contribution in [0.5, 0.6) is 0 Å². The minimum Gasteiger partial charge on any atom is -0.459 e. The molecule has 1 heterocycles. The van der Waals surface area contributed by atoms with Crippen molar-refractivity contribution in [3.63, 3.8) is 0 Å². The Hall–Kier alpha value is -1.49. The molecule has 0 spiro atoms. The highest BCUT2D eigenvalue weighted by Crippen LogP contribution is 2.50. The zero-order valence-electron chi connectivity index (χ0n) is 11.3. The number of rotatable bonds is 3. The molecule has 0 aliphatic heterocycles. The molecule has 2 nitrogen and oxygen atoms in total. The molecule has 108 valence electrons. The van der Waals surface area contributed by atoms with Gasteiger partial charge < -0.3 is 4.42 Å². The van der Waals surface area contributed by atoms with Gasteiger partial charge in [0.15, 0.2) is 0 Å². The molecule has 1 N–H and O–H groups in total. The first kappa shape index (κ1) is 13.5. The molecule has 1 aliphatic carbocycles. The minimum absolute atomic E-state index is 0.139. The molecule has 3 rings (SSSR count). The second-order valence-corrected chi connectivity index (χ2v) is 5.53. The number of para-hydroxylation sites is 1. The van der Waals surface area contributed by atoms with E-state index < -0.39 is 17.8 Å². The fraction of sp³-hybridized carbons (Fsp3) is 0.467. The van der Waals surface area contributed by atoms with Crippen LogP contribution < -0.4 is 5.32 Å². The lowest BCUT2D eigenvalue weighted by Crippen LogP contribution is -2.45. The van der Waals surface area contributed by atoms with Crippen molar-refractivity contribution in [2.75, 3.05) is 0 Å². The van der Waals surface area contributed by atoms with Gasteiger partial charge in [-0.2, -0.15) is 13.2 Å². The molecule has 2 aromatic rings. The molecule has 1 aliphatic rings. The van der Waals surface area contributed by atoms with Gasteiger partial charge in [-0.05, 0) is 38.3 Å². The number of benzene rings is 1. The number of furan rings is 1. The van der Waals surface area contributed by atoms with E-state index in [4.69, 9.17) is 4.42 Å². The van der Waals surface area contributed by atoms with E-state index in [0.717, 1.165) is 10.9 Å². The molecule has 0 radical (unpaired) electrons. The van der Waals surface area contributed by atoms with Gasteiger partial charge in [-0.25, -0.2) is 0 Å². The summed E-state index contributed by atoms with van der Waals surface area (Å²) in [6, 6.07) is 7.03. The van der Waals surface area contributed by atoms with Gasteiger partial charge in [0.25, 0.3) is 0 Å². The Labute approximate surface area is 115 Å². The van der Waals surface area contributed by atoms with Gasteiger partial charge >= 0.3 is 6.18 Å². The summed E-state index contributed by atoms with van der Waals surface area (Å²) in [5.41, 5.74) is -0.109. The Morgan fingerprint density at radius 1 is 1.25 bits per heavy atom. The summed E-state index contributed by atoms with van der Waals surface area (Å²) >= 11 is 0. The lowest BCUT2D eigenvalue weighted by molar-refractivity contribution is -0.168. The van der Waals surface area contributed by atoms with Crippen LogP contribution in [0.3, 0.4) is 0 Å². The van der Waals surface area contributed by atoms with Crippen molar-refractivity contribution in [1.29, 1.82) is 0 Å². The zero-order chi connectivity index (χ0) is 14.5. The largest absolute Gasteiger partial charge is 0.459 e. The number of halogens is 3. The standard InChI is InChI=1S/C15H16F3NO/c1-9-11-5-3-4-6-12(11)20-13(9)10(2)19-14(7-8-14)15(16,17)18/h3-6,10,19H,7-8H2,1-2H3. The van der Waals surface area contributed by atoms with E-state index in [1.807, 2.05) is 31.2 Å². The Bertz CT molecular complexity index is 640. The highest BCUT2D eigenvalue weighted by Gasteiger charge is 2.63. The molecule has 20 heavy (non-hydrogen) atoms. The number of fused-ring (bicyclic) bond motifs is 1. The summed E-state index contributed by atoms with van der Waals surface area (Å²) in [6.45, 7) is 3.60. The lowest BCUT2D eigenvalue weighted by Gasteiger charge is -2.24. The Kier molecular flexibility index (Phi) is 2.87. The van der Waals surface area contributed by atoms with Crippen LogP contribution in [-0.4, -0.2) is 11.7 Å². The van der Waals surface area contributed by atoms with E-state index >= 15 is 0 Å². The van der Waals surface area contributed by atoms with Crippen molar-refractivity contribution in [2.24, 2.45) is 0 Å². The van der Waals surface area contributed by atoms with Crippen LogP contribution in [0, 0.1) is 6.92 Å². The summed E-state index contributed by atoms with van der Waals surface area (Å²) in [5.74, 6) is 0.585. The van der Waals surface area contributed by atoms with Gasteiger partial charge in [0.2, 0.25) is 0 Å². The third kappa shape index (κ3) is 2.00. The second kappa shape index (κ2) is 4.25. The quantitative estimate of drug-likeness (QED) is 0.898. The average Bonchev–Trinajstić information content (AvgIpc) is 3.09. The second-order valence-electron chi connectivity index (χ2n) is 5.53. The van der Waals surface area contributed by atoms with Gasteiger partial charge in [-0.15, -0.1) is 0 Å². The molecular formula is C15H16F3NO. The van der Waals surface area contributed by atoms with Crippen molar-refractivity contribution < 1.29 is 17.6 Å². The summed E-state index contributed by atoms with van der Waals surface area (Å²) in [5, 5.41) is 3.66. The fourth-order valence-corrected chi connectivity index (χ4v) is 2.72. The minimum atomic E-state index is -4.21. The van der Waals surface area contributed by atoms with E-state index in [1.165, 1.54) is 0 Å². The van der Waals surface area contributed by atoms with Crippen LogP contribution >= 0.6 is 0 Å². The van der Waals surface area contributed by atoms with E-state index in [2.05, 4.69) is 5.32 Å². The fourth-order valence-electron chi connectivity index (χ4n) is 2.72. The summed E-state index contributed by atoms with van der Waals surface area (Å²) in [6.07, 6.45) is -3.93. The van der Waals surface area contributed by atoms with Gasteiger partial charge in [0.05, 0.1) is 6.04 Å². The Morgan fingerprint density at radius 2 is 1.90 bits per heavy atom. The molecular weight excluding hydrogens is 267 g/mol. The summed E-state index contributed by atoms with van der Waals surface area (Å²) in [7, 11) is 0. The predicted molar refractivity (Wildman–Crippen MR) is 70.5 cm³/mol. The number of aryl methyl sites for hydroxylation is 1. The van der Waals surface area contributed by atoms with Crippen LogP contribution in [0.4, 0.5) is 13.2 Å². The molecule has 1 aromatic heterocycles.